The van der Waals surface area contributed by atoms with E-state index in [-0.39, 0.29) is 12.5 Å². The van der Waals surface area contributed by atoms with Crippen molar-refractivity contribution in [1.29, 1.82) is 0 Å². The summed E-state index contributed by atoms with van der Waals surface area (Å²) in [5.41, 5.74) is 6.32. The van der Waals surface area contributed by atoms with E-state index >= 15 is 0 Å². The summed E-state index contributed by atoms with van der Waals surface area (Å²) in [6.07, 6.45) is 0. The van der Waals surface area contributed by atoms with Gasteiger partial charge in [0.05, 0.1) is 14.2 Å². The summed E-state index contributed by atoms with van der Waals surface area (Å²) in [6, 6.07) is 12.1. The lowest BCUT2D eigenvalue weighted by atomic mass is 10.1. The Hall–Kier alpha value is -3.22. The summed E-state index contributed by atoms with van der Waals surface area (Å²) in [7, 11) is 3.03. The van der Waals surface area contributed by atoms with Crippen molar-refractivity contribution in [2.24, 2.45) is 5.73 Å². The molecule has 0 aromatic heterocycles. The normalized spacial score (nSPS) is 10.0. The summed E-state index contributed by atoms with van der Waals surface area (Å²) < 4.78 is 15.7. The number of rotatable bonds is 8. The minimum Gasteiger partial charge on any atom is -0.496 e. The van der Waals surface area contributed by atoms with E-state index in [1.807, 2.05) is 24.3 Å². The molecule has 0 radical (unpaired) electrons. The van der Waals surface area contributed by atoms with E-state index in [0.717, 1.165) is 5.56 Å². The fourth-order valence-corrected chi connectivity index (χ4v) is 2.20. The van der Waals surface area contributed by atoms with Crippen LogP contribution >= 0.6 is 0 Å². The highest BCUT2D eigenvalue weighted by Gasteiger charge is 2.12. The van der Waals surface area contributed by atoms with Crippen molar-refractivity contribution >= 4 is 11.8 Å². The Morgan fingerprint density at radius 1 is 1.00 bits per heavy atom. The predicted octanol–water partition coefficient (Wildman–Crippen LogP) is 1.50. The highest BCUT2D eigenvalue weighted by Crippen LogP contribution is 2.28. The van der Waals surface area contributed by atoms with E-state index in [1.165, 1.54) is 13.2 Å². The first-order valence-corrected chi connectivity index (χ1v) is 7.54. The lowest BCUT2D eigenvalue weighted by Crippen LogP contribution is -2.23. The number of nitrogens with two attached hydrogens (primary N) is 1. The molecule has 0 atom stereocenters. The molecule has 0 spiro atoms. The van der Waals surface area contributed by atoms with Crippen molar-refractivity contribution in [2.75, 3.05) is 20.8 Å². The maximum atomic E-state index is 12.3. The zero-order valence-electron chi connectivity index (χ0n) is 14.1. The minimum absolute atomic E-state index is 0.268. The Kier molecular flexibility index (Phi) is 6.22. The quantitative estimate of drug-likeness (QED) is 0.756. The van der Waals surface area contributed by atoms with E-state index < -0.39 is 5.91 Å². The van der Waals surface area contributed by atoms with E-state index in [9.17, 15) is 9.59 Å². The molecule has 0 heterocycles. The molecule has 0 saturated heterocycles. The first-order valence-electron chi connectivity index (χ1n) is 7.54. The van der Waals surface area contributed by atoms with Gasteiger partial charge >= 0.3 is 0 Å². The van der Waals surface area contributed by atoms with E-state index in [1.54, 1.807) is 19.2 Å². The van der Waals surface area contributed by atoms with Crippen molar-refractivity contribution in [3.63, 3.8) is 0 Å². The molecule has 7 heteroatoms. The molecule has 0 bridgehead atoms. The number of ether oxygens (including phenoxy) is 3. The van der Waals surface area contributed by atoms with Gasteiger partial charge in [0.1, 0.15) is 5.75 Å². The Labute approximate surface area is 145 Å². The number of carbonyl (C=O) groups is 2. The van der Waals surface area contributed by atoms with Gasteiger partial charge in [-0.25, -0.2) is 0 Å². The first kappa shape index (κ1) is 18.1. The molecule has 132 valence electrons. The highest BCUT2D eigenvalue weighted by molar-refractivity contribution is 5.94. The van der Waals surface area contributed by atoms with Crippen LogP contribution in [-0.2, 0) is 11.3 Å². The predicted molar refractivity (Wildman–Crippen MR) is 91.8 cm³/mol. The Bertz CT molecular complexity index is 761. The second-order valence-corrected chi connectivity index (χ2v) is 5.12. The lowest BCUT2D eigenvalue weighted by Gasteiger charge is -2.12. The number of benzene rings is 2. The number of nitrogens with one attached hydrogen (secondary N) is 1. The minimum atomic E-state index is -0.597. The smallest absolute Gasteiger partial charge is 0.255 e. The van der Waals surface area contributed by atoms with Gasteiger partial charge in [-0.1, -0.05) is 18.2 Å². The molecule has 2 aromatic rings. The standard InChI is InChI=1S/C18H20N2O5/c1-23-14-6-4-3-5-13(14)10-20-18(22)12-7-8-15(16(9-12)24-2)25-11-17(19)21/h3-9H,10-11H2,1-2H3,(H2,19,21)(H,20,22). The van der Waals surface area contributed by atoms with Gasteiger partial charge < -0.3 is 25.3 Å². The molecule has 2 rings (SSSR count). The van der Waals surface area contributed by atoms with Gasteiger partial charge in [-0.2, -0.15) is 0 Å². The molecule has 0 saturated carbocycles. The number of hydrogen-bond acceptors (Lipinski definition) is 5. The maximum absolute atomic E-state index is 12.3. The van der Waals surface area contributed by atoms with E-state index in [4.69, 9.17) is 19.9 Å². The zero-order valence-corrected chi connectivity index (χ0v) is 14.1. The van der Waals surface area contributed by atoms with Gasteiger partial charge in [-0.15, -0.1) is 0 Å². The molecule has 7 nitrogen and oxygen atoms in total. The molecular formula is C18H20N2O5. The van der Waals surface area contributed by atoms with Crippen LogP contribution in [0.1, 0.15) is 15.9 Å². The van der Waals surface area contributed by atoms with Gasteiger partial charge in [-0.05, 0) is 24.3 Å². The topological polar surface area (TPSA) is 99.9 Å². The van der Waals surface area contributed by atoms with Crippen LogP contribution in [0.3, 0.4) is 0 Å². The largest absolute Gasteiger partial charge is 0.496 e. The lowest BCUT2D eigenvalue weighted by molar-refractivity contribution is -0.119. The molecule has 0 aliphatic rings. The summed E-state index contributed by atoms with van der Waals surface area (Å²) >= 11 is 0. The fraction of sp³-hybridized carbons (Fsp3) is 0.222. The zero-order chi connectivity index (χ0) is 18.2. The third kappa shape index (κ3) is 4.87. The van der Waals surface area contributed by atoms with Crippen molar-refractivity contribution in [2.45, 2.75) is 6.54 Å². The molecule has 0 aliphatic carbocycles. The van der Waals surface area contributed by atoms with Gasteiger partial charge in [0.2, 0.25) is 0 Å². The number of amides is 2. The van der Waals surface area contributed by atoms with Crippen molar-refractivity contribution in [3.8, 4) is 17.2 Å². The van der Waals surface area contributed by atoms with Crippen molar-refractivity contribution in [3.05, 3.63) is 53.6 Å². The number of methoxy groups -OCH3 is 2. The second kappa shape index (κ2) is 8.58. The van der Waals surface area contributed by atoms with Gasteiger partial charge in [0.25, 0.3) is 11.8 Å². The van der Waals surface area contributed by atoms with Crippen LogP contribution in [0, 0.1) is 0 Å². The molecule has 3 N–H and O–H groups in total. The van der Waals surface area contributed by atoms with Crippen LogP contribution in [0.2, 0.25) is 0 Å². The van der Waals surface area contributed by atoms with Crippen LogP contribution < -0.4 is 25.3 Å². The molecule has 2 amide bonds. The summed E-state index contributed by atoms with van der Waals surface area (Å²) in [6.45, 7) is 0.0563. The monoisotopic (exact) mass is 344 g/mol. The number of hydrogen-bond donors (Lipinski definition) is 2. The van der Waals surface area contributed by atoms with Crippen LogP contribution in [0.5, 0.6) is 17.2 Å². The van der Waals surface area contributed by atoms with E-state index in [2.05, 4.69) is 5.32 Å². The Morgan fingerprint density at radius 3 is 2.40 bits per heavy atom. The number of primary amides is 1. The third-order valence-electron chi connectivity index (χ3n) is 3.43. The van der Waals surface area contributed by atoms with Crippen molar-refractivity contribution in [1.82, 2.24) is 5.32 Å². The summed E-state index contributed by atoms with van der Waals surface area (Å²) in [5.74, 6) is 0.510. The maximum Gasteiger partial charge on any atom is 0.255 e. The van der Waals surface area contributed by atoms with Gasteiger partial charge in [0.15, 0.2) is 18.1 Å². The SMILES string of the molecule is COc1ccccc1CNC(=O)c1ccc(OCC(N)=O)c(OC)c1. The Morgan fingerprint density at radius 2 is 1.72 bits per heavy atom. The van der Waals surface area contributed by atoms with Gasteiger partial charge in [-0.3, -0.25) is 9.59 Å². The highest BCUT2D eigenvalue weighted by atomic mass is 16.5. The van der Waals surface area contributed by atoms with Crippen molar-refractivity contribution < 1.29 is 23.8 Å². The molecular weight excluding hydrogens is 324 g/mol. The molecule has 0 unspecified atom stereocenters. The van der Waals surface area contributed by atoms with Crippen LogP contribution in [0.25, 0.3) is 0 Å². The fourth-order valence-electron chi connectivity index (χ4n) is 2.20. The Balaban J connectivity index is 2.07. The van der Waals surface area contributed by atoms with Gasteiger partial charge in [0, 0.05) is 17.7 Å². The average molecular weight is 344 g/mol. The van der Waals surface area contributed by atoms with E-state index in [0.29, 0.717) is 29.4 Å². The van der Waals surface area contributed by atoms with Crippen LogP contribution in [-0.4, -0.2) is 32.6 Å². The summed E-state index contributed by atoms with van der Waals surface area (Å²) in [4.78, 5) is 23.1. The first-order chi connectivity index (χ1) is 12.0. The average Bonchev–Trinajstić information content (AvgIpc) is 2.64. The van der Waals surface area contributed by atoms with Crippen LogP contribution in [0.4, 0.5) is 0 Å². The molecule has 0 aliphatic heterocycles. The van der Waals surface area contributed by atoms with Crippen LogP contribution in [0.15, 0.2) is 42.5 Å². The molecule has 0 fully saturated rings. The second-order valence-electron chi connectivity index (χ2n) is 5.12. The number of carbonyl (C=O) groups excluding carboxylic acids is 2. The molecule has 25 heavy (non-hydrogen) atoms. The molecule has 2 aromatic carbocycles. The number of para-hydroxylation sites is 1. The summed E-state index contributed by atoms with van der Waals surface area (Å²) in [5, 5.41) is 2.82. The third-order valence-corrected chi connectivity index (χ3v) is 3.43.